The minimum absolute atomic E-state index is 0.0458. The lowest BCUT2D eigenvalue weighted by Crippen LogP contribution is -2.24. The highest BCUT2D eigenvalue weighted by Crippen LogP contribution is 2.35. The van der Waals surface area contributed by atoms with Gasteiger partial charge in [-0.15, -0.1) is 10.2 Å². The second-order valence-electron chi connectivity index (χ2n) is 9.12. The monoisotopic (exact) mass is 494 g/mol. The van der Waals surface area contributed by atoms with E-state index in [4.69, 9.17) is 14.2 Å². The minimum atomic E-state index is -0.0458. The molecule has 1 atom stereocenters. The van der Waals surface area contributed by atoms with Crippen LogP contribution >= 0.6 is 11.8 Å². The fraction of sp³-hybridized carbons (Fsp3) is 0.423. The van der Waals surface area contributed by atoms with Crippen LogP contribution in [0.1, 0.15) is 44.4 Å². The van der Waals surface area contributed by atoms with Crippen LogP contribution < -0.4 is 19.5 Å². The summed E-state index contributed by atoms with van der Waals surface area (Å²) in [4.78, 5) is 12.6. The van der Waals surface area contributed by atoms with Crippen LogP contribution in [-0.4, -0.2) is 45.7 Å². The molecule has 9 heteroatoms. The molecular weight excluding hydrogens is 464 g/mol. The largest absolute Gasteiger partial charge is 0.490 e. The van der Waals surface area contributed by atoms with Gasteiger partial charge in [0, 0.05) is 31.0 Å². The van der Waals surface area contributed by atoms with Crippen molar-refractivity contribution in [3.8, 4) is 28.6 Å². The fourth-order valence-corrected chi connectivity index (χ4v) is 5.20. The van der Waals surface area contributed by atoms with Gasteiger partial charge in [0.05, 0.1) is 19.0 Å². The number of nitrogens with one attached hydrogen (secondary N) is 1. The van der Waals surface area contributed by atoms with Gasteiger partial charge in [-0.2, -0.15) is 0 Å². The van der Waals surface area contributed by atoms with Crippen molar-refractivity contribution in [3.05, 3.63) is 47.5 Å². The SMILES string of the molecule is CC1Cc2cc(CNC(=O)CSc3nnc(-c4ccc5c(c4)OCCCO5)n3C(C)C)ccc2O1. The molecule has 0 saturated carbocycles. The number of nitrogens with zero attached hydrogens (tertiary/aromatic N) is 3. The molecule has 5 rings (SSSR count). The molecule has 3 heterocycles. The number of carbonyl (C=O) groups is 1. The number of rotatable bonds is 7. The molecule has 0 spiro atoms. The molecule has 1 N–H and O–H groups in total. The van der Waals surface area contributed by atoms with Crippen LogP contribution in [0, 0.1) is 0 Å². The Labute approximate surface area is 209 Å². The van der Waals surface area contributed by atoms with Crippen LogP contribution in [0.25, 0.3) is 11.4 Å². The van der Waals surface area contributed by atoms with E-state index in [1.165, 1.54) is 17.3 Å². The Morgan fingerprint density at radius 1 is 1.11 bits per heavy atom. The van der Waals surface area contributed by atoms with Crippen LogP contribution in [0.5, 0.6) is 17.2 Å². The molecular formula is C26H30N4O4S. The highest BCUT2D eigenvalue weighted by molar-refractivity contribution is 7.99. The van der Waals surface area contributed by atoms with Crippen molar-refractivity contribution in [2.75, 3.05) is 19.0 Å². The predicted octanol–water partition coefficient (Wildman–Crippen LogP) is 4.42. The third-order valence-electron chi connectivity index (χ3n) is 5.97. The first-order valence-electron chi connectivity index (χ1n) is 12.0. The molecule has 2 aromatic carbocycles. The molecule has 0 aliphatic carbocycles. The van der Waals surface area contributed by atoms with E-state index in [9.17, 15) is 4.79 Å². The van der Waals surface area contributed by atoms with E-state index in [2.05, 4.69) is 46.9 Å². The molecule has 0 radical (unpaired) electrons. The lowest BCUT2D eigenvalue weighted by Gasteiger charge is -2.15. The number of fused-ring (bicyclic) bond motifs is 2. The van der Waals surface area contributed by atoms with Gasteiger partial charge in [-0.05, 0) is 56.2 Å². The van der Waals surface area contributed by atoms with E-state index in [1.54, 1.807) is 0 Å². The Morgan fingerprint density at radius 3 is 2.74 bits per heavy atom. The molecule has 0 saturated heterocycles. The van der Waals surface area contributed by atoms with Crippen LogP contribution in [0.4, 0.5) is 0 Å². The molecule has 1 amide bonds. The Kier molecular flexibility index (Phi) is 6.86. The highest BCUT2D eigenvalue weighted by Gasteiger charge is 2.21. The molecule has 0 bridgehead atoms. The summed E-state index contributed by atoms with van der Waals surface area (Å²) >= 11 is 1.39. The van der Waals surface area contributed by atoms with Gasteiger partial charge in [0.1, 0.15) is 11.9 Å². The van der Waals surface area contributed by atoms with Crippen molar-refractivity contribution in [1.82, 2.24) is 20.1 Å². The van der Waals surface area contributed by atoms with Gasteiger partial charge in [0.15, 0.2) is 22.5 Å². The lowest BCUT2D eigenvalue weighted by atomic mass is 10.1. The molecule has 8 nitrogen and oxygen atoms in total. The molecule has 3 aromatic rings. The summed E-state index contributed by atoms with van der Waals surface area (Å²) in [5.41, 5.74) is 3.18. The summed E-state index contributed by atoms with van der Waals surface area (Å²) < 4.78 is 19.4. The number of carbonyl (C=O) groups excluding carboxylic acids is 1. The van der Waals surface area contributed by atoms with E-state index in [0.717, 1.165) is 47.0 Å². The molecule has 1 unspecified atom stereocenters. The zero-order valence-electron chi connectivity index (χ0n) is 20.2. The van der Waals surface area contributed by atoms with Gasteiger partial charge >= 0.3 is 0 Å². The van der Waals surface area contributed by atoms with Gasteiger partial charge in [-0.1, -0.05) is 23.9 Å². The first-order valence-corrected chi connectivity index (χ1v) is 13.0. The maximum atomic E-state index is 12.6. The summed E-state index contributed by atoms with van der Waals surface area (Å²) in [6.45, 7) is 7.99. The van der Waals surface area contributed by atoms with Crippen molar-refractivity contribution in [1.29, 1.82) is 0 Å². The standard InChI is InChI=1S/C26H30N4O4S/c1-16(2)30-25(19-6-8-22-23(13-19)33-10-4-9-32-22)28-29-26(30)35-15-24(31)27-14-18-5-7-21-20(12-18)11-17(3)34-21/h5-8,12-13,16-17H,4,9-11,14-15H2,1-3H3,(H,27,31). The van der Waals surface area contributed by atoms with Crippen molar-refractivity contribution in [2.24, 2.45) is 0 Å². The highest BCUT2D eigenvalue weighted by atomic mass is 32.2. The van der Waals surface area contributed by atoms with Crippen LogP contribution in [-0.2, 0) is 17.8 Å². The van der Waals surface area contributed by atoms with E-state index in [1.807, 2.05) is 30.3 Å². The summed E-state index contributed by atoms with van der Waals surface area (Å²) in [5, 5.41) is 12.6. The quantitative estimate of drug-likeness (QED) is 0.487. The normalized spacial score (nSPS) is 16.5. The average Bonchev–Trinajstić information content (AvgIpc) is 3.35. The average molecular weight is 495 g/mol. The number of benzene rings is 2. The number of ether oxygens (including phenoxy) is 3. The smallest absolute Gasteiger partial charge is 0.230 e. The number of thioether (sulfide) groups is 1. The van der Waals surface area contributed by atoms with Crippen molar-refractivity contribution >= 4 is 17.7 Å². The zero-order valence-corrected chi connectivity index (χ0v) is 21.1. The maximum absolute atomic E-state index is 12.6. The molecule has 2 aliphatic heterocycles. The number of amides is 1. The molecule has 35 heavy (non-hydrogen) atoms. The van der Waals surface area contributed by atoms with Crippen LogP contribution in [0.15, 0.2) is 41.6 Å². The fourth-order valence-electron chi connectivity index (χ4n) is 4.31. The molecule has 184 valence electrons. The van der Waals surface area contributed by atoms with Gasteiger partial charge in [-0.25, -0.2) is 0 Å². The van der Waals surface area contributed by atoms with Gasteiger partial charge in [-0.3, -0.25) is 9.36 Å². The Bertz CT molecular complexity index is 1230. The summed E-state index contributed by atoms with van der Waals surface area (Å²) in [6.07, 6.45) is 1.97. The van der Waals surface area contributed by atoms with Crippen molar-refractivity contribution in [3.63, 3.8) is 0 Å². The summed E-state index contributed by atoms with van der Waals surface area (Å²) in [7, 11) is 0. The minimum Gasteiger partial charge on any atom is -0.490 e. The molecule has 2 aliphatic rings. The van der Waals surface area contributed by atoms with Crippen LogP contribution in [0.3, 0.4) is 0 Å². The van der Waals surface area contributed by atoms with E-state index in [-0.39, 0.29) is 23.8 Å². The lowest BCUT2D eigenvalue weighted by molar-refractivity contribution is -0.118. The summed E-state index contributed by atoms with van der Waals surface area (Å²) in [6, 6.07) is 12.1. The Morgan fingerprint density at radius 2 is 1.91 bits per heavy atom. The van der Waals surface area contributed by atoms with Crippen molar-refractivity contribution < 1.29 is 19.0 Å². The van der Waals surface area contributed by atoms with Gasteiger partial charge in [0.25, 0.3) is 0 Å². The van der Waals surface area contributed by atoms with Crippen LogP contribution in [0.2, 0.25) is 0 Å². The van der Waals surface area contributed by atoms with Gasteiger partial charge < -0.3 is 19.5 Å². The Balaban J connectivity index is 1.23. The van der Waals surface area contributed by atoms with E-state index >= 15 is 0 Å². The van der Waals surface area contributed by atoms with E-state index < -0.39 is 0 Å². The third kappa shape index (κ3) is 5.24. The second kappa shape index (κ2) is 10.2. The zero-order chi connectivity index (χ0) is 24.4. The second-order valence-corrected chi connectivity index (χ2v) is 10.1. The number of hydrogen-bond acceptors (Lipinski definition) is 7. The topological polar surface area (TPSA) is 87.5 Å². The number of aromatic nitrogens is 3. The summed E-state index contributed by atoms with van der Waals surface area (Å²) in [5.74, 6) is 3.37. The molecule has 1 aromatic heterocycles. The Hall–Kier alpha value is -3.20. The molecule has 0 fully saturated rings. The predicted molar refractivity (Wildman–Crippen MR) is 134 cm³/mol. The first kappa shape index (κ1) is 23.5. The van der Waals surface area contributed by atoms with E-state index in [0.29, 0.717) is 24.9 Å². The number of hydrogen-bond donors (Lipinski definition) is 1. The van der Waals surface area contributed by atoms with Gasteiger partial charge in [0.2, 0.25) is 5.91 Å². The third-order valence-corrected chi connectivity index (χ3v) is 6.91. The van der Waals surface area contributed by atoms with Crippen molar-refractivity contribution in [2.45, 2.75) is 57.5 Å². The first-order chi connectivity index (χ1) is 17.0. The maximum Gasteiger partial charge on any atom is 0.230 e.